The highest BCUT2D eigenvalue weighted by atomic mass is 19.4. The van der Waals surface area contributed by atoms with Crippen molar-refractivity contribution in [1.82, 2.24) is 14.5 Å². The summed E-state index contributed by atoms with van der Waals surface area (Å²) in [5.41, 5.74) is 0.830. The number of aromatic nitrogens is 3. The predicted octanol–water partition coefficient (Wildman–Crippen LogP) is 3.21. The maximum absolute atomic E-state index is 14.0. The van der Waals surface area contributed by atoms with Crippen LogP contribution in [0.1, 0.15) is 37.8 Å². The van der Waals surface area contributed by atoms with Crippen molar-refractivity contribution in [1.29, 1.82) is 0 Å². The summed E-state index contributed by atoms with van der Waals surface area (Å²) in [5.74, 6) is 0.787. The summed E-state index contributed by atoms with van der Waals surface area (Å²) in [6.45, 7) is 3.38. The maximum Gasteiger partial charge on any atom is 0.409 e. The molecule has 5 rings (SSSR count). The van der Waals surface area contributed by atoms with E-state index in [9.17, 15) is 18.0 Å². The van der Waals surface area contributed by atoms with E-state index in [1.165, 1.54) is 16.8 Å². The van der Waals surface area contributed by atoms with Gasteiger partial charge in [0.05, 0.1) is 31.1 Å². The van der Waals surface area contributed by atoms with Crippen LogP contribution >= 0.6 is 0 Å². The van der Waals surface area contributed by atoms with Gasteiger partial charge in [0.2, 0.25) is 5.95 Å². The van der Waals surface area contributed by atoms with Crippen LogP contribution in [0.25, 0.3) is 0 Å². The van der Waals surface area contributed by atoms with E-state index in [2.05, 4.69) is 9.97 Å². The van der Waals surface area contributed by atoms with Crippen molar-refractivity contribution in [2.45, 2.75) is 56.9 Å². The monoisotopic (exact) mass is 435 g/mol. The van der Waals surface area contributed by atoms with Crippen molar-refractivity contribution >= 4 is 17.5 Å². The van der Waals surface area contributed by atoms with E-state index in [1.54, 1.807) is 12.1 Å². The summed E-state index contributed by atoms with van der Waals surface area (Å²) >= 11 is 0. The minimum Gasteiger partial charge on any atom is -0.377 e. The molecule has 0 unspecified atom stereocenters. The number of hydrogen-bond donors (Lipinski definition) is 0. The van der Waals surface area contributed by atoms with Crippen LogP contribution in [0, 0.1) is 0 Å². The van der Waals surface area contributed by atoms with E-state index >= 15 is 0 Å². The van der Waals surface area contributed by atoms with Crippen LogP contribution in [0.5, 0.6) is 0 Å². The first kappa shape index (κ1) is 20.3. The second kappa shape index (κ2) is 7.51. The smallest absolute Gasteiger partial charge is 0.377 e. The summed E-state index contributed by atoms with van der Waals surface area (Å²) in [7, 11) is 0. The molecule has 1 aliphatic carbocycles. The maximum atomic E-state index is 14.0. The zero-order chi connectivity index (χ0) is 21.8. The van der Waals surface area contributed by atoms with Crippen LogP contribution in [0.4, 0.5) is 30.6 Å². The normalized spacial score (nSPS) is 24.3. The lowest BCUT2D eigenvalue weighted by Crippen LogP contribution is -2.51. The first-order valence-electron chi connectivity index (χ1n) is 10.6. The molecule has 1 saturated carbocycles. The van der Waals surface area contributed by atoms with Gasteiger partial charge in [0, 0.05) is 30.8 Å². The van der Waals surface area contributed by atoms with Gasteiger partial charge in [-0.25, -0.2) is 0 Å². The summed E-state index contributed by atoms with van der Waals surface area (Å²) in [5, 5.41) is 0. The van der Waals surface area contributed by atoms with Crippen LogP contribution in [0.2, 0.25) is 0 Å². The highest BCUT2D eigenvalue weighted by Gasteiger charge is 2.48. The number of nitrogens with zero attached hydrogens (tertiary/aromatic N) is 5. The molecule has 0 amide bonds. The van der Waals surface area contributed by atoms with Gasteiger partial charge in [0.15, 0.2) is 0 Å². The number of alkyl halides is 3. The average Bonchev–Trinajstić information content (AvgIpc) is 3.58. The molecule has 0 bridgehead atoms. The highest BCUT2D eigenvalue weighted by Crippen LogP contribution is 2.42. The van der Waals surface area contributed by atoms with Crippen molar-refractivity contribution < 1.29 is 17.9 Å². The topological polar surface area (TPSA) is 63.5 Å². The number of morpholine rings is 1. The van der Waals surface area contributed by atoms with Gasteiger partial charge in [0.25, 0.3) is 5.56 Å². The van der Waals surface area contributed by atoms with Crippen LogP contribution in [0.3, 0.4) is 0 Å². The molecule has 1 saturated heterocycles. The molecule has 0 aromatic carbocycles. The number of halogens is 3. The quantitative estimate of drug-likeness (QED) is 0.738. The average molecular weight is 435 g/mol. The zero-order valence-electron chi connectivity index (χ0n) is 17.2. The predicted molar refractivity (Wildman–Crippen MR) is 109 cm³/mol. The van der Waals surface area contributed by atoms with Gasteiger partial charge < -0.3 is 9.64 Å². The molecular weight excluding hydrogens is 411 g/mol. The van der Waals surface area contributed by atoms with Gasteiger partial charge in [-0.2, -0.15) is 18.2 Å². The molecule has 0 N–H and O–H groups in total. The van der Waals surface area contributed by atoms with Gasteiger partial charge in [-0.15, -0.1) is 0 Å². The van der Waals surface area contributed by atoms with Gasteiger partial charge in [-0.3, -0.25) is 19.2 Å². The van der Waals surface area contributed by atoms with Crippen LogP contribution in [0.15, 0.2) is 29.2 Å². The number of hydrogen-bond acceptors (Lipinski definition) is 6. The van der Waals surface area contributed by atoms with Crippen molar-refractivity contribution in [3.8, 4) is 0 Å². The SMILES string of the molecule is C[C@@H]1COCCN1c1cc(=O)n2c(n1)N(c1ccc(C3CC3)nc1)[C@H](C(F)(F)F)CC2. The fourth-order valence-electron chi connectivity index (χ4n) is 4.38. The molecule has 3 aliphatic rings. The van der Waals surface area contributed by atoms with E-state index in [1.807, 2.05) is 11.8 Å². The number of rotatable bonds is 3. The van der Waals surface area contributed by atoms with E-state index in [0.717, 1.165) is 23.4 Å². The molecule has 2 atom stereocenters. The van der Waals surface area contributed by atoms with Crippen molar-refractivity contribution in [3.63, 3.8) is 0 Å². The standard InChI is InChI=1S/C21H24F3N5O2/c1-13-12-31-9-8-27(13)18-10-19(30)28-7-6-17(21(22,23)24)29(20(28)26-18)15-4-5-16(25-11-15)14-2-3-14/h4-5,10-11,13-14,17H,2-3,6-9,12H2,1H3/t13-,17+/m1/s1. The second-order valence-corrected chi connectivity index (χ2v) is 8.45. The summed E-state index contributed by atoms with van der Waals surface area (Å²) in [4.78, 5) is 24.9. The fourth-order valence-corrected chi connectivity index (χ4v) is 4.38. The summed E-state index contributed by atoms with van der Waals surface area (Å²) in [6.07, 6.45) is -1.11. The Balaban J connectivity index is 1.61. The van der Waals surface area contributed by atoms with Gasteiger partial charge >= 0.3 is 6.18 Å². The van der Waals surface area contributed by atoms with E-state index < -0.39 is 12.2 Å². The molecule has 0 radical (unpaired) electrons. The minimum absolute atomic E-state index is 0.00994. The van der Waals surface area contributed by atoms with E-state index in [4.69, 9.17) is 4.74 Å². The second-order valence-electron chi connectivity index (χ2n) is 8.45. The molecule has 2 aliphatic heterocycles. The molecule has 10 heteroatoms. The fraction of sp³-hybridized carbons (Fsp3) is 0.571. The van der Waals surface area contributed by atoms with Crippen molar-refractivity contribution in [2.24, 2.45) is 0 Å². The lowest BCUT2D eigenvalue weighted by molar-refractivity contribution is -0.150. The third-order valence-electron chi connectivity index (χ3n) is 6.21. The molecule has 166 valence electrons. The summed E-state index contributed by atoms with van der Waals surface area (Å²) < 4.78 is 48.8. The highest BCUT2D eigenvalue weighted by molar-refractivity contribution is 5.61. The largest absolute Gasteiger partial charge is 0.409 e. The Hall–Kier alpha value is -2.62. The first-order chi connectivity index (χ1) is 14.8. The Bertz CT molecular complexity index is 1020. The number of fused-ring (bicyclic) bond motifs is 1. The lowest BCUT2D eigenvalue weighted by atomic mass is 10.1. The molecule has 7 nitrogen and oxygen atoms in total. The van der Waals surface area contributed by atoms with E-state index in [0.29, 0.717) is 37.2 Å². The Kier molecular flexibility index (Phi) is 4.91. The van der Waals surface area contributed by atoms with Crippen molar-refractivity contribution in [3.05, 3.63) is 40.4 Å². The Morgan fingerprint density at radius 3 is 2.61 bits per heavy atom. The molecule has 4 heterocycles. The Labute approximate surface area is 177 Å². The number of ether oxygens (including phenoxy) is 1. The molecule has 2 aromatic rings. The molecule has 0 spiro atoms. The van der Waals surface area contributed by atoms with Crippen LogP contribution in [-0.4, -0.2) is 52.6 Å². The third-order valence-corrected chi connectivity index (χ3v) is 6.21. The minimum atomic E-state index is -4.47. The number of anilines is 3. The van der Waals surface area contributed by atoms with Gasteiger partial charge in [0.1, 0.15) is 11.9 Å². The Morgan fingerprint density at radius 1 is 1.16 bits per heavy atom. The van der Waals surface area contributed by atoms with Crippen molar-refractivity contribution in [2.75, 3.05) is 29.6 Å². The molecular formula is C21H24F3N5O2. The molecule has 2 fully saturated rings. The third kappa shape index (κ3) is 3.77. The molecule has 31 heavy (non-hydrogen) atoms. The molecule has 2 aromatic heterocycles. The van der Waals surface area contributed by atoms with Gasteiger partial charge in [-0.1, -0.05) is 0 Å². The Morgan fingerprint density at radius 2 is 1.97 bits per heavy atom. The van der Waals surface area contributed by atoms with Gasteiger partial charge in [-0.05, 0) is 38.3 Å². The van der Waals surface area contributed by atoms with Crippen LogP contribution < -0.4 is 15.4 Å². The zero-order valence-corrected chi connectivity index (χ0v) is 17.2. The summed E-state index contributed by atoms with van der Waals surface area (Å²) in [6, 6.07) is 3.05. The van der Waals surface area contributed by atoms with E-state index in [-0.39, 0.29) is 30.5 Å². The lowest BCUT2D eigenvalue weighted by Gasteiger charge is -2.40. The number of pyridine rings is 1. The van der Waals surface area contributed by atoms with Crippen LogP contribution in [-0.2, 0) is 11.3 Å². The first-order valence-corrected chi connectivity index (χ1v) is 10.6.